The molecule has 5 rings (SSSR count). The molecule has 2 fully saturated rings. The van der Waals surface area contributed by atoms with Crippen molar-refractivity contribution in [1.82, 2.24) is 4.98 Å². The fourth-order valence-corrected chi connectivity index (χ4v) is 4.83. The molecule has 0 radical (unpaired) electrons. The minimum absolute atomic E-state index is 0.0832. The second-order valence-electron chi connectivity index (χ2n) is 8.82. The molecule has 0 spiro atoms. The number of nitro groups is 1. The summed E-state index contributed by atoms with van der Waals surface area (Å²) in [4.78, 5) is 44.7. The topological polar surface area (TPSA) is 117 Å². The molecule has 1 unspecified atom stereocenters. The highest BCUT2D eigenvalue weighted by molar-refractivity contribution is 6.51. The number of benzene rings is 2. The second-order valence-corrected chi connectivity index (χ2v) is 8.82. The van der Waals surface area contributed by atoms with E-state index in [2.05, 4.69) is 9.88 Å². The molecule has 3 heterocycles. The Hall–Kier alpha value is -4.53. The molecule has 1 amide bonds. The minimum atomic E-state index is -0.885. The number of nitro benzene ring substituents is 1. The average molecular weight is 485 g/mol. The number of nitrogens with zero attached hydrogens (tertiary/aromatic N) is 4. The van der Waals surface area contributed by atoms with E-state index in [4.69, 9.17) is 0 Å². The first-order chi connectivity index (χ1) is 17.5. The van der Waals surface area contributed by atoms with E-state index in [0.29, 0.717) is 11.3 Å². The molecule has 0 aliphatic carbocycles. The standard InChI is InChI=1S/C27H24N4O5/c32-25(19-4-6-22(7-5-19)31(35)36)23-24(18-12-14-28-15-13-18)30(27(34)26(23)33)21-10-8-20(9-11-21)29-16-2-1-3-17-29/h4-15,24,32H,1-3,16-17H2/b25-23-. The van der Waals surface area contributed by atoms with Gasteiger partial charge in [0.2, 0.25) is 0 Å². The van der Waals surface area contributed by atoms with E-state index in [-0.39, 0.29) is 16.8 Å². The number of non-ortho nitro benzene ring substituents is 1. The van der Waals surface area contributed by atoms with Crippen LogP contribution in [-0.4, -0.2) is 39.8 Å². The van der Waals surface area contributed by atoms with Crippen molar-refractivity contribution in [3.05, 3.63) is 99.9 Å². The van der Waals surface area contributed by atoms with Crippen LogP contribution < -0.4 is 9.80 Å². The van der Waals surface area contributed by atoms with E-state index >= 15 is 0 Å². The van der Waals surface area contributed by atoms with Gasteiger partial charge in [-0.3, -0.25) is 29.6 Å². The van der Waals surface area contributed by atoms with Gasteiger partial charge in [0.1, 0.15) is 5.76 Å². The van der Waals surface area contributed by atoms with E-state index in [1.165, 1.54) is 35.6 Å². The maximum atomic E-state index is 13.3. The summed E-state index contributed by atoms with van der Waals surface area (Å²) in [5.74, 6) is -1.98. The highest BCUT2D eigenvalue weighted by Gasteiger charge is 2.47. The molecule has 2 aromatic carbocycles. The number of Topliss-reactive ketones (excluding diaryl/α,β-unsaturated/α-hetero) is 1. The highest BCUT2D eigenvalue weighted by atomic mass is 16.6. The van der Waals surface area contributed by atoms with Crippen molar-refractivity contribution >= 4 is 34.5 Å². The molecule has 2 saturated heterocycles. The van der Waals surface area contributed by atoms with Crippen LogP contribution in [0, 0.1) is 10.1 Å². The molecule has 3 aromatic rings. The van der Waals surface area contributed by atoms with Crippen LogP contribution in [0.2, 0.25) is 0 Å². The van der Waals surface area contributed by atoms with E-state index in [0.717, 1.165) is 31.6 Å². The number of amides is 1. The molecule has 36 heavy (non-hydrogen) atoms. The Labute approximate surface area is 207 Å². The Balaban J connectivity index is 1.58. The van der Waals surface area contributed by atoms with Gasteiger partial charge in [-0.05, 0) is 73.4 Å². The number of hydrogen-bond acceptors (Lipinski definition) is 7. The van der Waals surface area contributed by atoms with Crippen LogP contribution in [0.25, 0.3) is 5.76 Å². The lowest BCUT2D eigenvalue weighted by Gasteiger charge is -2.30. The molecule has 0 bridgehead atoms. The fourth-order valence-electron chi connectivity index (χ4n) is 4.83. The fraction of sp³-hybridized carbons (Fsp3) is 0.222. The third kappa shape index (κ3) is 4.19. The molecule has 9 heteroatoms. The highest BCUT2D eigenvalue weighted by Crippen LogP contribution is 2.42. The van der Waals surface area contributed by atoms with Crippen molar-refractivity contribution in [2.24, 2.45) is 0 Å². The summed E-state index contributed by atoms with van der Waals surface area (Å²) in [7, 11) is 0. The molecule has 182 valence electrons. The number of aromatic nitrogens is 1. The van der Waals surface area contributed by atoms with E-state index in [1.54, 1.807) is 24.5 Å². The van der Waals surface area contributed by atoms with Crippen LogP contribution in [0.1, 0.15) is 36.4 Å². The molecule has 0 saturated carbocycles. The van der Waals surface area contributed by atoms with Crippen LogP contribution in [0.3, 0.4) is 0 Å². The Kier molecular flexibility index (Phi) is 6.20. The smallest absolute Gasteiger partial charge is 0.300 e. The van der Waals surface area contributed by atoms with Gasteiger partial charge in [0, 0.05) is 54.6 Å². The van der Waals surface area contributed by atoms with E-state index in [9.17, 15) is 24.8 Å². The number of rotatable bonds is 5. The summed E-state index contributed by atoms with van der Waals surface area (Å²) in [6.45, 7) is 1.96. The van der Waals surface area contributed by atoms with Gasteiger partial charge in [0.15, 0.2) is 0 Å². The third-order valence-corrected chi connectivity index (χ3v) is 6.67. The molecule has 2 aliphatic rings. The number of carbonyl (C=O) groups is 2. The van der Waals surface area contributed by atoms with Gasteiger partial charge in [-0.15, -0.1) is 0 Å². The van der Waals surface area contributed by atoms with Gasteiger partial charge in [-0.2, -0.15) is 0 Å². The maximum absolute atomic E-state index is 13.3. The van der Waals surface area contributed by atoms with Crippen molar-refractivity contribution in [1.29, 1.82) is 0 Å². The first kappa shape index (κ1) is 23.2. The lowest BCUT2D eigenvalue weighted by molar-refractivity contribution is -0.384. The molecule has 1 atom stereocenters. The van der Waals surface area contributed by atoms with Gasteiger partial charge in [-0.1, -0.05) is 0 Å². The van der Waals surface area contributed by atoms with Crippen LogP contribution in [0.5, 0.6) is 0 Å². The zero-order chi connectivity index (χ0) is 25.2. The van der Waals surface area contributed by atoms with Crippen molar-refractivity contribution in [2.75, 3.05) is 22.9 Å². The maximum Gasteiger partial charge on any atom is 0.300 e. The van der Waals surface area contributed by atoms with Gasteiger partial charge < -0.3 is 10.0 Å². The van der Waals surface area contributed by atoms with E-state index in [1.807, 2.05) is 24.3 Å². The summed E-state index contributed by atoms with van der Waals surface area (Å²) in [5, 5.41) is 22.1. The Bertz CT molecular complexity index is 1330. The zero-order valence-corrected chi connectivity index (χ0v) is 19.4. The predicted molar refractivity (Wildman–Crippen MR) is 135 cm³/mol. The largest absolute Gasteiger partial charge is 0.507 e. The summed E-state index contributed by atoms with van der Waals surface area (Å²) in [6, 6.07) is 15.2. The van der Waals surface area contributed by atoms with Crippen molar-refractivity contribution in [2.45, 2.75) is 25.3 Å². The summed E-state index contributed by atoms with van der Waals surface area (Å²) < 4.78 is 0. The average Bonchev–Trinajstić information content (AvgIpc) is 3.19. The van der Waals surface area contributed by atoms with Crippen molar-refractivity contribution in [3.8, 4) is 0 Å². The second kappa shape index (κ2) is 9.61. The number of hydrogen-bond donors (Lipinski definition) is 1. The molecule has 9 nitrogen and oxygen atoms in total. The van der Waals surface area contributed by atoms with Gasteiger partial charge in [0.05, 0.1) is 16.5 Å². The van der Waals surface area contributed by atoms with Crippen LogP contribution in [0.15, 0.2) is 78.6 Å². The monoisotopic (exact) mass is 484 g/mol. The molecule has 2 aliphatic heterocycles. The lowest BCUT2D eigenvalue weighted by Crippen LogP contribution is -2.30. The van der Waals surface area contributed by atoms with Crippen LogP contribution in [-0.2, 0) is 9.59 Å². The summed E-state index contributed by atoms with van der Waals surface area (Å²) >= 11 is 0. The third-order valence-electron chi connectivity index (χ3n) is 6.67. The summed E-state index contributed by atoms with van der Waals surface area (Å²) in [6.07, 6.45) is 6.61. The number of ketones is 1. The molecular weight excluding hydrogens is 460 g/mol. The number of aliphatic hydroxyl groups excluding tert-OH is 1. The Morgan fingerprint density at radius 3 is 2.11 bits per heavy atom. The Morgan fingerprint density at radius 2 is 1.50 bits per heavy atom. The Morgan fingerprint density at radius 1 is 0.889 bits per heavy atom. The number of aliphatic hydroxyl groups is 1. The zero-order valence-electron chi connectivity index (χ0n) is 19.4. The summed E-state index contributed by atoms with van der Waals surface area (Å²) in [5.41, 5.74) is 2.17. The van der Waals surface area contributed by atoms with Gasteiger partial charge >= 0.3 is 0 Å². The SMILES string of the molecule is O=C1C(=O)N(c2ccc(N3CCCCC3)cc2)C(c2ccncc2)/C1=C(/O)c1ccc([N+](=O)[O-])cc1. The van der Waals surface area contributed by atoms with Crippen molar-refractivity contribution < 1.29 is 19.6 Å². The lowest BCUT2D eigenvalue weighted by atomic mass is 9.95. The number of carbonyl (C=O) groups excluding carboxylic acids is 2. The van der Waals surface area contributed by atoms with Gasteiger partial charge in [0.25, 0.3) is 17.4 Å². The minimum Gasteiger partial charge on any atom is -0.507 e. The van der Waals surface area contributed by atoms with Crippen LogP contribution in [0.4, 0.5) is 17.1 Å². The van der Waals surface area contributed by atoms with Crippen LogP contribution >= 0.6 is 0 Å². The number of pyridine rings is 1. The predicted octanol–water partition coefficient (Wildman–Crippen LogP) is 4.61. The molecule has 1 aromatic heterocycles. The first-order valence-corrected chi connectivity index (χ1v) is 11.8. The molecular formula is C27H24N4O5. The quantitative estimate of drug-likeness (QED) is 0.185. The molecule has 1 N–H and O–H groups in total. The number of piperidine rings is 1. The number of anilines is 2. The van der Waals surface area contributed by atoms with Crippen molar-refractivity contribution in [3.63, 3.8) is 0 Å². The first-order valence-electron chi connectivity index (χ1n) is 11.8. The normalized spacial score (nSPS) is 19.5. The van der Waals surface area contributed by atoms with E-state index < -0.39 is 28.4 Å². The van der Waals surface area contributed by atoms with Gasteiger partial charge in [-0.25, -0.2) is 0 Å².